The monoisotopic (exact) mass is 521 g/mol. The summed E-state index contributed by atoms with van der Waals surface area (Å²) < 4.78 is 36.2. The Morgan fingerprint density at radius 3 is 2.57 bits per heavy atom. The molecule has 0 radical (unpaired) electrons. The molecule has 11 heteroatoms. The lowest BCUT2D eigenvalue weighted by Crippen LogP contribution is -2.40. The van der Waals surface area contributed by atoms with Gasteiger partial charge in [-0.05, 0) is 49.6 Å². The van der Waals surface area contributed by atoms with Crippen molar-refractivity contribution >= 4 is 38.9 Å². The Morgan fingerprint density at radius 2 is 1.86 bits per heavy atom. The highest BCUT2D eigenvalue weighted by atomic mass is 35.5. The largest absolute Gasteiger partial charge is 0.494 e. The molecule has 1 amide bonds. The average molecular weight is 522 g/mol. The first-order valence-electron chi connectivity index (χ1n) is 11.8. The molecule has 0 atom stereocenters. The van der Waals surface area contributed by atoms with Gasteiger partial charge < -0.3 is 9.30 Å². The van der Waals surface area contributed by atoms with E-state index in [1.54, 1.807) is 12.1 Å². The predicted octanol–water partition coefficient (Wildman–Crippen LogP) is 4.37. The summed E-state index contributed by atoms with van der Waals surface area (Å²) in [6.45, 7) is 7.20. The Bertz CT molecular complexity index is 1280. The fraction of sp³-hybridized carbons (Fsp3) is 0.458. The molecular formula is C24H32ClN5O4S. The molecule has 0 aliphatic carbocycles. The first kappa shape index (κ1) is 26.9. The van der Waals surface area contributed by atoms with Gasteiger partial charge in [0.1, 0.15) is 22.8 Å². The number of unbranched alkanes of at least 4 members (excludes halogenated alkanes) is 3. The van der Waals surface area contributed by atoms with Gasteiger partial charge in [0.05, 0.1) is 13.2 Å². The van der Waals surface area contributed by atoms with E-state index in [0.29, 0.717) is 47.3 Å². The molecule has 0 fully saturated rings. The van der Waals surface area contributed by atoms with E-state index in [4.69, 9.17) is 16.3 Å². The van der Waals surface area contributed by atoms with E-state index in [2.05, 4.69) is 21.6 Å². The van der Waals surface area contributed by atoms with Crippen LogP contribution < -0.4 is 14.2 Å². The van der Waals surface area contributed by atoms with Crippen LogP contribution in [0.15, 0.2) is 30.3 Å². The molecule has 0 saturated carbocycles. The van der Waals surface area contributed by atoms with Crippen LogP contribution in [0.4, 0.5) is 0 Å². The number of amides is 1. The van der Waals surface area contributed by atoms with Gasteiger partial charge in [-0.1, -0.05) is 50.8 Å². The minimum absolute atomic E-state index is 0.0264. The number of hydrogen-bond donors (Lipinski definition) is 2. The van der Waals surface area contributed by atoms with Crippen molar-refractivity contribution in [1.29, 1.82) is 0 Å². The highest BCUT2D eigenvalue weighted by Gasteiger charge is 2.19. The van der Waals surface area contributed by atoms with Gasteiger partial charge >= 0.3 is 10.2 Å². The molecular weight excluding hydrogens is 490 g/mol. The number of carbonyl (C=O) groups is 1. The summed E-state index contributed by atoms with van der Waals surface area (Å²) in [6.07, 6.45) is 4.74. The maximum Gasteiger partial charge on any atom is 0.301 e. The van der Waals surface area contributed by atoms with Gasteiger partial charge in [-0.2, -0.15) is 13.1 Å². The van der Waals surface area contributed by atoms with Crippen molar-refractivity contribution in [3.63, 3.8) is 0 Å². The van der Waals surface area contributed by atoms with Crippen LogP contribution in [0.25, 0.3) is 11.2 Å². The minimum atomic E-state index is -3.97. The Morgan fingerprint density at radius 1 is 1.09 bits per heavy atom. The molecule has 1 aromatic carbocycles. The first-order valence-corrected chi connectivity index (χ1v) is 13.7. The highest BCUT2D eigenvalue weighted by Crippen LogP contribution is 2.25. The smallest absolute Gasteiger partial charge is 0.301 e. The molecule has 2 aromatic heterocycles. The Labute approximate surface area is 211 Å². The number of imidazole rings is 1. The summed E-state index contributed by atoms with van der Waals surface area (Å²) in [5.41, 5.74) is 1.87. The van der Waals surface area contributed by atoms with E-state index in [9.17, 15) is 13.2 Å². The van der Waals surface area contributed by atoms with Crippen LogP contribution in [-0.2, 0) is 16.8 Å². The van der Waals surface area contributed by atoms with Gasteiger partial charge in [-0.25, -0.2) is 14.7 Å². The second-order valence-electron chi connectivity index (χ2n) is 8.28. The average Bonchev–Trinajstić information content (AvgIpc) is 3.12. The number of aryl methyl sites for hydroxylation is 1. The van der Waals surface area contributed by atoms with Crippen LogP contribution in [0.1, 0.15) is 67.8 Å². The van der Waals surface area contributed by atoms with E-state index < -0.39 is 16.1 Å². The molecule has 0 saturated heterocycles. The third-order valence-corrected chi connectivity index (χ3v) is 6.82. The number of nitrogens with zero attached hydrogens (tertiary/aromatic N) is 3. The number of aromatic nitrogens is 3. The number of halogens is 1. The minimum Gasteiger partial charge on any atom is -0.494 e. The lowest BCUT2D eigenvalue weighted by atomic mass is 10.2. The molecule has 0 aliphatic rings. The van der Waals surface area contributed by atoms with Crippen LogP contribution >= 0.6 is 11.6 Å². The Balaban J connectivity index is 1.78. The van der Waals surface area contributed by atoms with Crippen LogP contribution in [0.5, 0.6) is 5.75 Å². The van der Waals surface area contributed by atoms with Gasteiger partial charge in [0.2, 0.25) is 0 Å². The molecule has 0 unspecified atom stereocenters. The van der Waals surface area contributed by atoms with Crippen molar-refractivity contribution in [1.82, 2.24) is 24.0 Å². The van der Waals surface area contributed by atoms with E-state index in [-0.39, 0.29) is 12.2 Å². The second-order valence-corrected chi connectivity index (χ2v) is 10.2. The number of benzene rings is 1. The fourth-order valence-corrected chi connectivity index (χ4v) is 4.55. The number of ether oxygens (including phenoxy) is 1. The zero-order chi connectivity index (χ0) is 25.4. The van der Waals surface area contributed by atoms with Crippen LogP contribution in [-0.4, -0.2) is 42.0 Å². The molecule has 3 aromatic rings. The van der Waals surface area contributed by atoms with Gasteiger partial charge in [0, 0.05) is 11.6 Å². The first-order chi connectivity index (χ1) is 16.7. The molecule has 9 nitrogen and oxygen atoms in total. The SMILES string of the molecule is CCCCCOc1ccc(Cn2c(C)nc3ccc(C(=O)NS(=O)(=O)NCCCC)nc32)c(Cl)c1. The summed E-state index contributed by atoms with van der Waals surface area (Å²) in [6, 6.07) is 8.67. The lowest BCUT2D eigenvalue weighted by molar-refractivity contribution is 0.0976. The molecule has 2 N–H and O–H groups in total. The van der Waals surface area contributed by atoms with Gasteiger partial charge in [-0.15, -0.1) is 0 Å². The van der Waals surface area contributed by atoms with Crippen molar-refractivity contribution in [2.75, 3.05) is 13.2 Å². The zero-order valence-electron chi connectivity index (χ0n) is 20.3. The van der Waals surface area contributed by atoms with Crippen molar-refractivity contribution in [3.8, 4) is 5.75 Å². The molecule has 2 heterocycles. The van der Waals surface area contributed by atoms with Crippen molar-refractivity contribution in [3.05, 3.63) is 52.4 Å². The molecule has 190 valence electrons. The fourth-order valence-electron chi connectivity index (χ4n) is 3.48. The summed E-state index contributed by atoms with van der Waals surface area (Å²) in [5.74, 6) is 0.590. The van der Waals surface area contributed by atoms with E-state index in [1.807, 2.05) is 35.3 Å². The molecule has 35 heavy (non-hydrogen) atoms. The van der Waals surface area contributed by atoms with Crippen LogP contribution in [0.3, 0.4) is 0 Å². The van der Waals surface area contributed by atoms with Crippen LogP contribution in [0.2, 0.25) is 5.02 Å². The van der Waals surface area contributed by atoms with Crippen molar-refractivity contribution in [2.24, 2.45) is 0 Å². The van der Waals surface area contributed by atoms with Gasteiger partial charge in [-0.3, -0.25) is 4.79 Å². The quantitative estimate of drug-likeness (QED) is 0.323. The third-order valence-electron chi connectivity index (χ3n) is 5.43. The summed E-state index contributed by atoms with van der Waals surface area (Å²) in [7, 11) is -3.97. The number of rotatable bonds is 13. The van der Waals surface area contributed by atoms with Crippen molar-refractivity contribution < 1.29 is 17.9 Å². The van der Waals surface area contributed by atoms with Gasteiger partial charge in [0.25, 0.3) is 5.91 Å². The van der Waals surface area contributed by atoms with E-state index >= 15 is 0 Å². The normalized spacial score (nSPS) is 11.7. The summed E-state index contributed by atoms with van der Waals surface area (Å²) in [5, 5.41) is 0.553. The molecule has 0 spiro atoms. The summed E-state index contributed by atoms with van der Waals surface area (Å²) in [4.78, 5) is 21.5. The highest BCUT2D eigenvalue weighted by molar-refractivity contribution is 7.88. The van der Waals surface area contributed by atoms with E-state index in [1.165, 1.54) is 6.07 Å². The summed E-state index contributed by atoms with van der Waals surface area (Å²) >= 11 is 6.52. The number of fused-ring (bicyclic) bond motifs is 1. The number of carbonyl (C=O) groups excluding carboxylic acids is 1. The van der Waals surface area contributed by atoms with Gasteiger partial charge in [0.15, 0.2) is 5.65 Å². The Kier molecular flexibility index (Phi) is 9.47. The number of nitrogens with one attached hydrogen (secondary N) is 2. The number of pyridine rings is 1. The topological polar surface area (TPSA) is 115 Å². The molecule has 0 aliphatic heterocycles. The Hall–Kier alpha value is -2.69. The number of hydrogen-bond acceptors (Lipinski definition) is 6. The zero-order valence-corrected chi connectivity index (χ0v) is 21.9. The lowest BCUT2D eigenvalue weighted by Gasteiger charge is -2.11. The standard InChI is InChI=1S/C24H32ClN5O4S/c1-4-6-8-14-34-19-10-9-18(20(25)15-19)16-30-17(3)27-21-11-12-22(28-23(21)30)24(31)29-35(32,33)26-13-7-5-2/h9-12,15,26H,4-8,13-14,16H2,1-3H3,(H,29,31). The predicted molar refractivity (Wildman–Crippen MR) is 137 cm³/mol. The maximum atomic E-state index is 12.6. The molecule has 3 rings (SSSR count). The van der Waals surface area contributed by atoms with Crippen molar-refractivity contribution in [2.45, 2.75) is 59.4 Å². The van der Waals surface area contributed by atoms with Crippen LogP contribution in [0, 0.1) is 6.92 Å². The molecule has 0 bridgehead atoms. The maximum absolute atomic E-state index is 12.6. The third kappa shape index (κ3) is 7.39. The second kappa shape index (κ2) is 12.3. The van der Waals surface area contributed by atoms with E-state index in [0.717, 1.165) is 31.2 Å².